The Morgan fingerprint density at radius 1 is 1.27 bits per heavy atom. The van der Waals surface area contributed by atoms with Crippen molar-refractivity contribution in [1.82, 2.24) is 15.0 Å². The average molecular weight is 396 g/mol. The standard InChI is InChI=1S/C14H12N3O7P2/c1-10(2)5-4-6-14(3)12(24-14)9-17-8-11(15-16-17)7-13(25(18,19)20)26(21,22)23/h8,12H,1-3H2,(H2,18,19,20)(H2,21,22,23)/t12-,14-/m1/s1. The van der Waals surface area contributed by atoms with E-state index in [1.807, 2.05) is 6.42 Å². The van der Waals surface area contributed by atoms with Crippen LogP contribution in [0, 0.1) is 58.1 Å². The normalized spacial score (nSPS) is 23.3. The van der Waals surface area contributed by atoms with Crippen LogP contribution in [0.5, 0.6) is 0 Å². The Labute approximate surface area is 151 Å². The molecule has 0 saturated carbocycles. The molecule has 0 aliphatic carbocycles. The first-order valence-corrected chi connectivity index (χ1v) is 9.81. The zero-order valence-corrected chi connectivity index (χ0v) is 14.8. The van der Waals surface area contributed by atoms with E-state index >= 15 is 0 Å². The second-order valence-corrected chi connectivity index (χ2v) is 8.50. The molecule has 12 heteroatoms. The molecule has 0 amide bonds. The lowest BCUT2D eigenvalue weighted by molar-refractivity contribution is 0.354. The lowest BCUT2D eigenvalue weighted by atomic mass is 10.0. The van der Waals surface area contributed by atoms with Gasteiger partial charge in [0.15, 0.2) is 6.54 Å². The lowest BCUT2D eigenvalue weighted by Gasteiger charge is -2.16. The SMILES string of the molecule is [CH2]C([CH2])=[C][C][C][C@@]1([CH2])O[C@@H]1[C]n1cc([C][C](P(=O)(O)O)P(=O)(O)O)nn1. The highest BCUT2D eigenvalue weighted by molar-refractivity contribution is 7.75. The first-order chi connectivity index (χ1) is 11.8. The van der Waals surface area contributed by atoms with E-state index < -0.39 is 32.3 Å². The van der Waals surface area contributed by atoms with Crippen LogP contribution in [0.15, 0.2) is 11.8 Å². The summed E-state index contributed by atoms with van der Waals surface area (Å²) in [5.41, 5.74) is -1.02. The fourth-order valence-corrected chi connectivity index (χ4v) is 3.44. The molecule has 1 fully saturated rings. The molecule has 2 heterocycles. The van der Waals surface area contributed by atoms with E-state index in [-0.39, 0.29) is 5.69 Å². The van der Waals surface area contributed by atoms with E-state index in [1.165, 1.54) is 0 Å². The molecule has 2 rings (SSSR count). The molecule has 13 radical (unpaired) electrons. The molecule has 4 N–H and O–H groups in total. The first-order valence-electron chi connectivity index (χ1n) is 6.58. The molecular weight excluding hydrogens is 384 g/mol. The van der Waals surface area contributed by atoms with Gasteiger partial charge in [0.25, 0.3) is 0 Å². The van der Waals surface area contributed by atoms with Gasteiger partial charge in [0.05, 0.1) is 18.3 Å². The molecule has 1 aromatic heterocycles. The van der Waals surface area contributed by atoms with E-state index in [0.29, 0.717) is 5.57 Å². The van der Waals surface area contributed by atoms with Crippen LogP contribution in [0.2, 0.25) is 0 Å². The molecular formula is C14H12N3O7P2. The van der Waals surface area contributed by atoms with Gasteiger partial charge in [0.1, 0.15) is 11.7 Å². The van der Waals surface area contributed by atoms with Gasteiger partial charge < -0.3 is 24.3 Å². The first kappa shape index (κ1) is 21.4. The Morgan fingerprint density at radius 3 is 2.42 bits per heavy atom. The summed E-state index contributed by atoms with van der Waals surface area (Å²) >= 11 is 0. The van der Waals surface area contributed by atoms with Crippen molar-refractivity contribution in [2.75, 3.05) is 0 Å². The molecule has 1 aliphatic rings. The van der Waals surface area contributed by atoms with Gasteiger partial charge in [-0.25, -0.2) is 4.68 Å². The maximum absolute atomic E-state index is 11.2. The third kappa shape index (κ3) is 5.82. The Bertz CT molecular complexity index is 742. The number of epoxide rings is 1. The smallest absolute Gasteiger partial charge is 0.346 e. The molecule has 10 nitrogen and oxygen atoms in total. The van der Waals surface area contributed by atoms with Crippen LogP contribution in [0.25, 0.3) is 0 Å². The van der Waals surface area contributed by atoms with Crippen LogP contribution in [-0.2, 0) is 13.9 Å². The molecule has 1 saturated heterocycles. The molecule has 26 heavy (non-hydrogen) atoms. The molecule has 2 atom stereocenters. The third-order valence-corrected chi connectivity index (χ3v) is 5.63. The van der Waals surface area contributed by atoms with Crippen LogP contribution in [0.4, 0.5) is 0 Å². The Kier molecular flexibility index (Phi) is 6.30. The van der Waals surface area contributed by atoms with Crippen molar-refractivity contribution in [2.45, 2.75) is 11.7 Å². The summed E-state index contributed by atoms with van der Waals surface area (Å²) in [7, 11) is -10.5. The largest absolute Gasteiger partial charge is 0.362 e. The summed E-state index contributed by atoms with van der Waals surface area (Å²) in [5, 5.41) is 5.56. The van der Waals surface area contributed by atoms with Gasteiger partial charge in [0, 0.05) is 12.8 Å². The fourth-order valence-electron chi connectivity index (χ4n) is 1.56. The summed E-state index contributed by atoms with van der Waals surface area (Å²) in [4.78, 5) is 36.1. The van der Waals surface area contributed by atoms with Gasteiger partial charge in [0.2, 0.25) is 5.40 Å². The molecule has 0 bridgehead atoms. The van der Waals surface area contributed by atoms with Crippen LogP contribution >= 0.6 is 15.2 Å². The summed E-state index contributed by atoms with van der Waals surface area (Å²) in [5.74, 6) is 0. The van der Waals surface area contributed by atoms with Gasteiger partial charge in [-0.05, 0) is 26.8 Å². The Morgan fingerprint density at radius 2 is 1.88 bits per heavy atom. The van der Waals surface area contributed by atoms with Crippen LogP contribution in [0.1, 0.15) is 5.69 Å². The predicted molar refractivity (Wildman–Crippen MR) is 85.3 cm³/mol. The summed E-state index contributed by atoms with van der Waals surface area (Å²) in [6.45, 7) is 13.4. The number of hydrogen-bond acceptors (Lipinski definition) is 5. The van der Waals surface area contributed by atoms with Crippen molar-refractivity contribution < 1.29 is 33.4 Å². The zero-order chi connectivity index (χ0) is 19.8. The van der Waals surface area contributed by atoms with Gasteiger partial charge in [-0.3, -0.25) is 9.13 Å². The van der Waals surface area contributed by atoms with Crippen molar-refractivity contribution in [2.24, 2.45) is 0 Å². The maximum atomic E-state index is 11.2. The van der Waals surface area contributed by atoms with Crippen molar-refractivity contribution >= 4 is 15.2 Å². The van der Waals surface area contributed by atoms with E-state index in [1.54, 1.807) is 0 Å². The average Bonchev–Trinajstić information content (AvgIpc) is 2.88. The minimum Gasteiger partial charge on any atom is -0.362 e. The second-order valence-electron chi connectivity index (χ2n) is 5.08. The maximum Gasteiger partial charge on any atom is 0.346 e. The van der Waals surface area contributed by atoms with Crippen molar-refractivity contribution in [3.05, 3.63) is 75.5 Å². The van der Waals surface area contributed by atoms with Gasteiger partial charge >= 0.3 is 15.2 Å². The minimum atomic E-state index is -5.24. The molecule has 1 aromatic rings. The molecule has 0 spiro atoms. The summed E-state index contributed by atoms with van der Waals surface area (Å²) < 4.78 is 28.6. The molecule has 1 aliphatic heterocycles. The molecule has 0 unspecified atom stereocenters. The third-order valence-electron chi connectivity index (χ3n) is 2.74. The minimum absolute atomic E-state index is 0.324. The highest BCUT2D eigenvalue weighted by Crippen LogP contribution is 2.67. The predicted octanol–water partition coefficient (Wildman–Crippen LogP) is -0.0287. The van der Waals surface area contributed by atoms with Crippen LogP contribution < -0.4 is 0 Å². The quantitative estimate of drug-likeness (QED) is 0.332. The summed E-state index contributed by atoms with van der Waals surface area (Å²) in [6, 6.07) is 0. The lowest BCUT2D eigenvalue weighted by Crippen LogP contribution is -2.14. The van der Waals surface area contributed by atoms with Crippen molar-refractivity contribution in [3.8, 4) is 0 Å². The Balaban J connectivity index is 1.95. The van der Waals surface area contributed by atoms with Crippen molar-refractivity contribution in [1.29, 1.82) is 0 Å². The number of ether oxygens (including phenoxy) is 1. The molecule has 0 aromatic carbocycles. The number of aromatic nitrogens is 3. The van der Waals surface area contributed by atoms with E-state index in [0.717, 1.165) is 10.9 Å². The number of rotatable bonds is 9. The topological polar surface area (TPSA) is 158 Å². The van der Waals surface area contributed by atoms with Crippen molar-refractivity contribution in [3.63, 3.8) is 0 Å². The van der Waals surface area contributed by atoms with E-state index in [4.69, 9.17) is 24.3 Å². The highest BCUT2D eigenvalue weighted by atomic mass is 31.2. The summed E-state index contributed by atoms with van der Waals surface area (Å²) in [6.07, 6.45) is 10.1. The van der Waals surface area contributed by atoms with Crippen LogP contribution in [-0.4, -0.2) is 46.3 Å². The number of nitrogens with zero attached hydrogens (tertiary/aromatic N) is 3. The number of hydrogen-bond donors (Lipinski definition) is 4. The van der Waals surface area contributed by atoms with Gasteiger partial charge in [-0.15, -0.1) is 5.10 Å². The molecule has 135 valence electrons. The highest BCUT2D eigenvalue weighted by Gasteiger charge is 2.53. The monoisotopic (exact) mass is 396 g/mol. The zero-order valence-electron chi connectivity index (χ0n) is 13.0. The fraction of sp³-hybridized carbons (Fsp3) is 0.143. The number of allylic oxidation sites excluding steroid dienone is 2. The van der Waals surface area contributed by atoms with Crippen LogP contribution in [0.3, 0.4) is 0 Å². The van der Waals surface area contributed by atoms with E-state index in [2.05, 4.69) is 56.5 Å². The second kappa shape index (κ2) is 7.64. The van der Waals surface area contributed by atoms with E-state index in [9.17, 15) is 9.13 Å². The van der Waals surface area contributed by atoms with Gasteiger partial charge in [-0.2, -0.15) is 0 Å². The van der Waals surface area contributed by atoms with Gasteiger partial charge in [-0.1, -0.05) is 10.8 Å². The Hall–Kier alpha value is -0.860.